The maximum absolute atomic E-state index is 12.1. The molecule has 20 heavy (non-hydrogen) atoms. The van der Waals surface area contributed by atoms with Crippen LogP contribution < -0.4 is 5.32 Å². The molecule has 1 aromatic rings. The molecule has 1 heterocycles. The Balaban J connectivity index is 2.57. The van der Waals surface area contributed by atoms with E-state index in [1.165, 1.54) is 19.1 Å². The molecule has 0 bridgehead atoms. The monoisotopic (exact) mass is 349 g/mol. The van der Waals surface area contributed by atoms with Gasteiger partial charge in [-0.1, -0.05) is 0 Å². The number of carbonyl (C=O) groups is 1. The molecule has 10 heteroatoms. The van der Waals surface area contributed by atoms with Crippen molar-refractivity contribution in [3.63, 3.8) is 0 Å². The Labute approximate surface area is 122 Å². The fourth-order valence-corrected chi connectivity index (χ4v) is 3.59. The molecular formula is C10H11ClF3NO3S2. The fourth-order valence-electron chi connectivity index (χ4n) is 1.47. The Hall–Kier alpha value is -0.800. The van der Waals surface area contributed by atoms with Gasteiger partial charge in [0, 0.05) is 21.6 Å². The van der Waals surface area contributed by atoms with Crippen molar-refractivity contribution in [1.29, 1.82) is 0 Å². The van der Waals surface area contributed by atoms with E-state index >= 15 is 0 Å². The van der Waals surface area contributed by atoms with Crippen LogP contribution in [0.1, 0.15) is 18.2 Å². The van der Waals surface area contributed by atoms with E-state index in [9.17, 15) is 26.4 Å². The van der Waals surface area contributed by atoms with Crippen molar-refractivity contribution in [2.45, 2.75) is 36.2 Å². The Bertz CT molecular complexity index is 583. The van der Waals surface area contributed by atoms with Gasteiger partial charge in [0.05, 0.1) is 12.8 Å². The second-order valence-corrected chi connectivity index (χ2v) is 8.08. The molecule has 0 aliphatic carbocycles. The molecule has 0 aliphatic rings. The first-order valence-electron chi connectivity index (χ1n) is 5.37. The van der Waals surface area contributed by atoms with Gasteiger partial charge in [0.1, 0.15) is 4.21 Å². The smallest absolute Gasteiger partial charge is 0.353 e. The van der Waals surface area contributed by atoms with E-state index in [1.807, 2.05) is 0 Å². The van der Waals surface area contributed by atoms with Crippen molar-refractivity contribution in [2.24, 2.45) is 0 Å². The second kappa shape index (κ2) is 6.31. The molecule has 0 saturated carbocycles. The molecule has 4 nitrogen and oxygen atoms in total. The van der Waals surface area contributed by atoms with Crippen molar-refractivity contribution >= 4 is 37.0 Å². The van der Waals surface area contributed by atoms with Crippen molar-refractivity contribution in [1.82, 2.24) is 5.32 Å². The summed E-state index contributed by atoms with van der Waals surface area (Å²) in [6.45, 7) is 1.24. The van der Waals surface area contributed by atoms with Crippen LogP contribution >= 0.6 is 22.0 Å². The summed E-state index contributed by atoms with van der Waals surface area (Å²) in [5.41, 5.74) is 0. The lowest BCUT2D eigenvalue weighted by Crippen LogP contribution is -2.36. The first-order chi connectivity index (χ1) is 8.97. The van der Waals surface area contributed by atoms with Crippen molar-refractivity contribution < 1.29 is 26.4 Å². The van der Waals surface area contributed by atoms with Crippen LogP contribution in [0.15, 0.2) is 16.3 Å². The fraction of sp³-hybridized carbons (Fsp3) is 0.500. The number of halogens is 4. The third-order valence-corrected chi connectivity index (χ3v) is 5.34. The van der Waals surface area contributed by atoms with Crippen LogP contribution in [0, 0.1) is 0 Å². The number of hydrogen-bond acceptors (Lipinski definition) is 4. The Morgan fingerprint density at radius 1 is 1.45 bits per heavy atom. The molecule has 0 aromatic carbocycles. The molecule has 0 radical (unpaired) electrons. The molecule has 1 amide bonds. The van der Waals surface area contributed by atoms with E-state index in [4.69, 9.17) is 10.7 Å². The zero-order valence-corrected chi connectivity index (χ0v) is 12.6. The van der Waals surface area contributed by atoms with E-state index in [1.54, 1.807) is 0 Å². The lowest BCUT2D eigenvalue weighted by Gasteiger charge is -2.15. The van der Waals surface area contributed by atoms with Gasteiger partial charge in [-0.15, -0.1) is 11.3 Å². The van der Waals surface area contributed by atoms with E-state index in [0.29, 0.717) is 4.88 Å². The molecule has 1 atom stereocenters. The topological polar surface area (TPSA) is 63.2 Å². The summed E-state index contributed by atoms with van der Waals surface area (Å²) in [6.07, 6.45) is -5.67. The maximum Gasteiger partial charge on any atom is 0.391 e. The van der Waals surface area contributed by atoms with Crippen LogP contribution in [0.4, 0.5) is 13.2 Å². The third-order valence-electron chi connectivity index (χ3n) is 2.16. The molecule has 1 unspecified atom stereocenters. The number of rotatable bonds is 5. The quantitative estimate of drug-likeness (QED) is 0.831. The predicted octanol–water partition coefficient (Wildman–Crippen LogP) is 2.68. The van der Waals surface area contributed by atoms with Gasteiger partial charge in [-0.3, -0.25) is 4.79 Å². The molecule has 1 N–H and O–H groups in total. The van der Waals surface area contributed by atoms with E-state index < -0.39 is 33.6 Å². The lowest BCUT2D eigenvalue weighted by atomic mass is 10.2. The number of thiophene rings is 1. The molecule has 114 valence electrons. The van der Waals surface area contributed by atoms with E-state index in [2.05, 4.69) is 5.32 Å². The number of carbonyl (C=O) groups excluding carboxylic acids is 1. The highest BCUT2D eigenvalue weighted by Gasteiger charge is 2.30. The third kappa shape index (κ3) is 6.10. The maximum atomic E-state index is 12.1. The minimum atomic E-state index is -4.35. The lowest BCUT2D eigenvalue weighted by molar-refractivity contribution is -0.141. The van der Waals surface area contributed by atoms with Gasteiger partial charge in [0.15, 0.2) is 0 Å². The van der Waals surface area contributed by atoms with Crippen molar-refractivity contribution in [3.05, 3.63) is 17.0 Å². The number of hydrogen-bond donors (Lipinski definition) is 1. The van der Waals surface area contributed by atoms with Gasteiger partial charge in [-0.25, -0.2) is 8.42 Å². The highest BCUT2D eigenvalue weighted by molar-refractivity contribution is 8.15. The van der Waals surface area contributed by atoms with Crippen LogP contribution in [-0.4, -0.2) is 26.5 Å². The standard InChI is InChI=1S/C10H11ClF3NO3S2/c1-6(5-10(12,13)14)15-8(16)4-7-2-3-9(19-7)20(11,17)18/h2-3,6H,4-5H2,1H3,(H,15,16). The highest BCUT2D eigenvalue weighted by Crippen LogP contribution is 2.25. The van der Waals surface area contributed by atoms with Crippen LogP contribution in [0.3, 0.4) is 0 Å². The van der Waals surface area contributed by atoms with Crippen molar-refractivity contribution in [2.75, 3.05) is 0 Å². The summed E-state index contributed by atoms with van der Waals surface area (Å²) in [5.74, 6) is -0.609. The minimum Gasteiger partial charge on any atom is -0.353 e. The van der Waals surface area contributed by atoms with Crippen LogP contribution in [0.2, 0.25) is 0 Å². The zero-order chi connectivity index (χ0) is 15.6. The van der Waals surface area contributed by atoms with Gasteiger partial charge >= 0.3 is 6.18 Å². The first kappa shape index (κ1) is 17.3. The van der Waals surface area contributed by atoms with Gasteiger partial charge in [0.2, 0.25) is 5.91 Å². The van der Waals surface area contributed by atoms with Crippen LogP contribution in [0.25, 0.3) is 0 Å². The van der Waals surface area contributed by atoms with Gasteiger partial charge in [-0.05, 0) is 19.1 Å². The Morgan fingerprint density at radius 2 is 2.05 bits per heavy atom. The summed E-state index contributed by atoms with van der Waals surface area (Å²) in [6, 6.07) is 1.60. The minimum absolute atomic E-state index is 0.106. The Morgan fingerprint density at radius 3 is 2.50 bits per heavy atom. The summed E-state index contributed by atoms with van der Waals surface area (Å²) < 4.78 is 58.2. The molecule has 0 spiro atoms. The average Bonchev–Trinajstić information content (AvgIpc) is 2.61. The molecule has 0 aliphatic heterocycles. The van der Waals surface area contributed by atoms with E-state index in [0.717, 1.165) is 11.3 Å². The summed E-state index contributed by atoms with van der Waals surface area (Å²) >= 11 is 0.805. The van der Waals surface area contributed by atoms with Gasteiger partial charge < -0.3 is 5.32 Å². The molecule has 1 rings (SSSR count). The summed E-state index contributed by atoms with van der Waals surface area (Å²) in [7, 11) is 1.27. The zero-order valence-electron chi connectivity index (χ0n) is 10.2. The predicted molar refractivity (Wildman–Crippen MR) is 69.3 cm³/mol. The normalized spacial score (nSPS) is 14.1. The Kier molecular flexibility index (Phi) is 5.45. The highest BCUT2D eigenvalue weighted by atomic mass is 35.7. The van der Waals surface area contributed by atoms with E-state index in [-0.39, 0.29) is 10.6 Å². The molecule has 1 aromatic heterocycles. The molecular weight excluding hydrogens is 339 g/mol. The second-order valence-electron chi connectivity index (χ2n) is 4.12. The SMILES string of the molecule is CC(CC(F)(F)F)NC(=O)Cc1ccc(S(=O)(=O)Cl)s1. The van der Waals surface area contributed by atoms with Crippen LogP contribution in [-0.2, 0) is 20.3 Å². The van der Waals surface area contributed by atoms with Crippen LogP contribution in [0.5, 0.6) is 0 Å². The summed E-state index contributed by atoms with van der Waals surface area (Å²) in [4.78, 5) is 11.9. The van der Waals surface area contributed by atoms with Crippen molar-refractivity contribution in [3.8, 4) is 0 Å². The van der Waals surface area contributed by atoms with Gasteiger partial charge in [-0.2, -0.15) is 13.2 Å². The molecule has 0 saturated heterocycles. The summed E-state index contributed by atoms with van der Waals surface area (Å²) in [5, 5.41) is 2.20. The first-order valence-corrected chi connectivity index (χ1v) is 8.49. The average molecular weight is 350 g/mol. The van der Waals surface area contributed by atoms with Gasteiger partial charge in [0.25, 0.3) is 9.05 Å². The largest absolute Gasteiger partial charge is 0.391 e. The number of alkyl halides is 3. The number of nitrogens with one attached hydrogen (secondary N) is 1. The number of amides is 1. The molecule has 0 fully saturated rings.